The van der Waals surface area contributed by atoms with E-state index in [1.807, 2.05) is 13.8 Å². The Morgan fingerprint density at radius 3 is 2.10 bits per heavy atom. The number of terminal acetylenes is 1. The molecule has 0 radical (unpaired) electrons. The van der Waals surface area contributed by atoms with Crippen LogP contribution in [0.15, 0.2) is 35.6 Å². The van der Waals surface area contributed by atoms with Gasteiger partial charge in [-0.05, 0) is 50.8 Å². The summed E-state index contributed by atoms with van der Waals surface area (Å²) in [5, 5.41) is 18.1. The van der Waals surface area contributed by atoms with E-state index in [2.05, 4.69) is 26.3 Å². The van der Waals surface area contributed by atoms with Crippen molar-refractivity contribution in [3.05, 3.63) is 35.6 Å². The molecule has 2 heteroatoms. The smallest absolute Gasteiger partial charge is 0.114 e. The quantitative estimate of drug-likeness (QED) is 0.417. The van der Waals surface area contributed by atoms with Gasteiger partial charge in [-0.1, -0.05) is 44.8 Å². The fraction of sp³-hybridized carbons (Fsp3) is 0.556. The maximum absolute atomic E-state index is 9.05. The Morgan fingerprint density at radius 2 is 1.80 bits per heavy atom. The van der Waals surface area contributed by atoms with E-state index in [9.17, 15) is 0 Å². The number of allylic oxidation sites excluding steroid dienone is 4. The fourth-order valence-electron chi connectivity index (χ4n) is 1.43. The van der Waals surface area contributed by atoms with Gasteiger partial charge < -0.3 is 10.2 Å². The van der Waals surface area contributed by atoms with Crippen LogP contribution in [0.5, 0.6) is 0 Å². The van der Waals surface area contributed by atoms with Crippen LogP contribution in [-0.2, 0) is 0 Å². The molecule has 114 valence electrons. The Kier molecular flexibility index (Phi) is 13.1. The highest BCUT2D eigenvalue weighted by Gasteiger charge is 2.07. The number of aliphatic hydroxyl groups excluding tert-OH is 2. The second kappa shape index (κ2) is 12.6. The van der Waals surface area contributed by atoms with E-state index in [4.69, 9.17) is 16.6 Å². The van der Waals surface area contributed by atoms with Gasteiger partial charge in [0, 0.05) is 0 Å². The monoisotopic (exact) mass is 278 g/mol. The molecule has 20 heavy (non-hydrogen) atoms. The van der Waals surface area contributed by atoms with Crippen LogP contribution < -0.4 is 0 Å². The molecule has 0 bridgehead atoms. The number of aliphatic hydroxyl groups is 2. The zero-order chi connectivity index (χ0) is 16.1. The van der Waals surface area contributed by atoms with Crippen molar-refractivity contribution in [2.24, 2.45) is 5.92 Å². The topological polar surface area (TPSA) is 40.5 Å². The highest BCUT2D eigenvalue weighted by atomic mass is 16.3. The lowest BCUT2D eigenvalue weighted by molar-refractivity contribution is 0.192. The van der Waals surface area contributed by atoms with Gasteiger partial charge in [0.1, 0.15) is 11.9 Å². The number of hydrogen-bond donors (Lipinski definition) is 2. The molecule has 0 saturated carbocycles. The van der Waals surface area contributed by atoms with Gasteiger partial charge >= 0.3 is 0 Å². The summed E-state index contributed by atoms with van der Waals surface area (Å²) in [4.78, 5) is 0. The van der Waals surface area contributed by atoms with E-state index >= 15 is 0 Å². The molecule has 0 heterocycles. The maximum atomic E-state index is 9.05. The van der Waals surface area contributed by atoms with E-state index < -0.39 is 6.10 Å². The average Bonchev–Trinajstić information content (AvgIpc) is 2.44. The third-order valence-electron chi connectivity index (χ3n) is 3.24. The Bertz CT molecular complexity index is 365. The van der Waals surface area contributed by atoms with Crippen molar-refractivity contribution in [1.29, 1.82) is 0 Å². The van der Waals surface area contributed by atoms with Gasteiger partial charge in [0.05, 0.1) is 0 Å². The second-order valence-corrected chi connectivity index (χ2v) is 4.92. The summed E-state index contributed by atoms with van der Waals surface area (Å²) in [6, 6.07) is 0. The molecule has 0 aliphatic rings. The summed E-state index contributed by atoms with van der Waals surface area (Å²) in [5.74, 6) is 3.20. The third-order valence-corrected chi connectivity index (χ3v) is 3.24. The SMILES string of the molecule is C#CC(O)CC(CC)CC.C=C(C)/C(C)=C\C(O)=C/C. The number of hydrogen-bond acceptors (Lipinski definition) is 2. The first kappa shape index (κ1) is 20.8. The molecule has 0 amide bonds. The van der Waals surface area contributed by atoms with Crippen molar-refractivity contribution < 1.29 is 10.2 Å². The van der Waals surface area contributed by atoms with E-state index in [0.29, 0.717) is 11.7 Å². The molecule has 1 unspecified atom stereocenters. The molecule has 0 aromatic carbocycles. The summed E-state index contributed by atoms with van der Waals surface area (Å²) in [7, 11) is 0. The minimum atomic E-state index is -0.537. The molecule has 0 rings (SSSR count). The summed E-state index contributed by atoms with van der Waals surface area (Å²) < 4.78 is 0. The molecule has 2 nitrogen and oxygen atoms in total. The summed E-state index contributed by atoms with van der Waals surface area (Å²) in [6.45, 7) is 13.6. The van der Waals surface area contributed by atoms with Crippen LogP contribution >= 0.6 is 0 Å². The van der Waals surface area contributed by atoms with Gasteiger partial charge in [-0.2, -0.15) is 0 Å². The van der Waals surface area contributed by atoms with Gasteiger partial charge in [0.15, 0.2) is 0 Å². The van der Waals surface area contributed by atoms with Crippen molar-refractivity contribution in [2.45, 2.75) is 60.0 Å². The van der Waals surface area contributed by atoms with Crippen LogP contribution in [0.25, 0.3) is 0 Å². The molecule has 2 N–H and O–H groups in total. The van der Waals surface area contributed by atoms with Crippen molar-refractivity contribution in [3.8, 4) is 12.3 Å². The van der Waals surface area contributed by atoms with Crippen LogP contribution in [0.1, 0.15) is 53.9 Å². The van der Waals surface area contributed by atoms with Gasteiger partial charge in [-0.3, -0.25) is 0 Å². The van der Waals surface area contributed by atoms with Crippen molar-refractivity contribution in [1.82, 2.24) is 0 Å². The molecule has 0 saturated heterocycles. The van der Waals surface area contributed by atoms with Gasteiger partial charge in [-0.25, -0.2) is 0 Å². The average molecular weight is 278 g/mol. The Morgan fingerprint density at radius 1 is 1.30 bits per heavy atom. The lowest BCUT2D eigenvalue weighted by atomic mass is 9.96. The standard InChI is InChI=1S/C9H14O.C9H16O/c1-5-9(10)6-8(4)7(2)3;1-4-8(5-2)7-9(10)6-3/h5-6,10H,2H2,1,3-4H3;3,8-10H,4-5,7H2,1-2H3/b8-6-,9-5+;. The minimum Gasteiger partial charge on any atom is -0.508 e. The Balaban J connectivity index is 0. The molecule has 0 aromatic rings. The second-order valence-electron chi connectivity index (χ2n) is 4.92. The van der Waals surface area contributed by atoms with Crippen LogP contribution in [0.2, 0.25) is 0 Å². The van der Waals surface area contributed by atoms with Gasteiger partial charge in [0.25, 0.3) is 0 Å². The van der Waals surface area contributed by atoms with Crippen LogP contribution in [-0.4, -0.2) is 16.3 Å². The van der Waals surface area contributed by atoms with Crippen LogP contribution in [0.4, 0.5) is 0 Å². The van der Waals surface area contributed by atoms with E-state index in [-0.39, 0.29) is 0 Å². The Labute approximate surface area is 124 Å². The van der Waals surface area contributed by atoms with E-state index in [1.165, 1.54) is 0 Å². The first-order valence-corrected chi connectivity index (χ1v) is 7.15. The van der Waals surface area contributed by atoms with Crippen LogP contribution in [0, 0.1) is 18.3 Å². The van der Waals surface area contributed by atoms with Crippen LogP contribution in [0.3, 0.4) is 0 Å². The third kappa shape index (κ3) is 11.6. The maximum Gasteiger partial charge on any atom is 0.114 e. The predicted octanol–water partition coefficient (Wildman–Crippen LogP) is 4.78. The molecular weight excluding hydrogens is 248 g/mol. The molecule has 0 aliphatic carbocycles. The summed E-state index contributed by atoms with van der Waals surface area (Å²) in [5.41, 5.74) is 1.99. The zero-order valence-corrected chi connectivity index (χ0v) is 13.6. The zero-order valence-electron chi connectivity index (χ0n) is 13.6. The molecule has 1 atom stereocenters. The largest absolute Gasteiger partial charge is 0.508 e. The normalized spacial score (nSPS) is 13.3. The van der Waals surface area contributed by atoms with Crippen molar-refractivity contribution in [2.75, 3.05) is 0 Å². The lowest BCUT2D eigenvalue weighted by Gasteiger charge is -2.12. The van der Waals surface area contributed by atoms with Crippen molar-refractivity contribution >= 4 is 0 Å². The molecule has 0 fully saturated rings. The van der Waals surface area contributed by atoms with Gasteiger partial charge in [-0.15, -0.1) is 6.42 Å². The lowest BCUT2D eigenvalue weighted by Crippen LogP contribution is -2.09. The highest BCUT2D eigenvalue weighted by Crippen LogP contribution is 2.14. The van der Waals surface area contributed by atoms with Crippen molar-refractivity contribution in [3.63, 3.8) is 0 Å². The first-order valence-electron chi connectivity index (χ1n) is 7.15. The fourth-order valence-corrected chi connectivity index (χ4v) is 1.43. The number of rotatable bonds is 6. The first-order chi connectivity index (χ1) is 9.31. The highest BCUT2D eigenvalue weighted by molar-refractivity contribution is 5.29. The van der Waals surface area contributed by atoms with E-state index in [0.717, 1.165) is 30.4 Å². The molecule has 0 aliphatic heterocycles. The molecule has 0 aromatic heterocycles. The summed E-state index contributed by atoms with van der Waals surface area (Å²) >= 11 is 0. The summed E-state index contributed by atoms with van der Waals surface area (Å²) in [6.07, 6.45) is 10.8. The van der Waals surface area contributed by atoms with E-state index in [1.54, 1.807) is 19.1 Å². The van der Waals surface area contributed by atoms with Gasteiger partial charge in [0.2, 0.25) is 0 Å². The minimum absolute atomic E-state index is 0.292. The Hall–Kier alpha value is -1.46. The molecular formula is C18H30O2. The molecule has 0 spiro atoms. The predicted molar refractivity (Wildman–Crippen MR) is 88.5 cm³/mol.